The van der Waals surface area contributed by atoms with Crippen molar-refractivity contribution in [1.29, 1.82) is 0 Å². The number of halogens is 2. The summed E-state index contributed by atoms with van der Waals surface area (Å²) in [6.45, 7) is 3.78. The topological polar surface area (TPSA) is 0 Å². The zero-order chi connectivity index (χ0) is 10.8. The maximum absolute atomic E-state index is 13.0. The zero-order valence-electron chi connectivity index (χ0n) is 8.00. The Morgan fingerprint density at radius 2 is 1.53 bits per heavy atom. The van der Waals surface area contributed by atoms with Crippen LogP contribution in [0.2, 0.25) is 0 Å². The van der Waals surface area contributed by atoms with Crippen molar-refractivity contribution < 1.29 is 8.78 Å². The highest BCUT2D eigenvalue weighted by atomic mass is 19.2. The van der Waals surface area contributed by atoms with Crippen molar-refractivity contribution in [3.63, 3.8) is 0 Å². The second kappa shape index (κ2) is 3.81. The Kier molecular flexibility index (Phi) is 2.50. The summed E-state index contributed by atoms with van der Waals surface area (Å²) in [4.78, 5) is 0. The van der Waals surface area contributed by atoms with Gasteiger partial charge >= 0.3 is 0 Å². The van der Waals surface area contributed by atoms with E-state index in [4.69, 9.17) is 0 Å². The molecule has 0 unspecified atom stereocenters. The van der Waals surface area contributed by atoms with Crippen LogP contribution in [0, 0.1) is 18.6 Å². The molecule has 0 aliphatic carbocycles. The maximum atomic E-state index is 13.0. The minimum Gasteiger partial charge on any atom is -0.204 e. The van der Waals surface area contributed by atoms with Gasteiger partial charge in [-0.1, -0.05) is 30.3 Å². The molecule has 75 valence electrons. The number of benzene rings is 2. The molecule has 0 bridgehead atoms. The van der Waals surface area contributed by atoms with Gasteiger partial charge in [-0.15, -0.1) is 0 Å². The highest BCUT2D eigenvalue weighted by Gasteiger charge is 2.04. The Morgan fingerprint density at radius 1 is 0.800 bits per heavy atom. The summed E-state index contributed by atoms with van der Waals surface area (Å²) >= 11 is 0. The molecule has 0 atom stereocenters. The minimum absolute atomic E-state index is 0.652. The molecular formula is C13H9F2. The molecule has 0 heterocycles. The van der Waals surface area contributed by atoms with E-state index in [0.29, 0.717) is 5.56 Å². The molecule has 0 saturated heterocycles. The molecule has 0 nitrogen and oxygen atoms in total. The van der Waals surface area contributed by atoms with Crippen molar-refractivity contribution in [3.05, 3.63) is 66.6 Å². The molecule has 2 aromatic rings. The maximum Gasteiger partial charge on any atom is 0.159 e. The lowest BCUT2D eigenvalue weighted by atomic mass is 10.0. The SMILES string of the molecule is [CH2]c1cccc(-c2ccc(F)c(F)c2)c1. The highest BCUT2D eigenvalue weighted by Crippen LogP contribution is 2.22. The number of rotatable bonds is 1. The van der Waals surface area contributed by atoms with E-state index in [1.807, 2.05) is 24.3 Å². The smallest absolute Gasteiger partial charge is 0.159 e. The van der Waals surface area contributed by atoms with Crippen molar-refractivity contribution in [2.75, 3.05) is 0 Å². The third-order valence-corrected chi connectivity index (χ3v) is 2.18. The van der Waals surface area contributed by atoms with Gasteiger partial charge in [-0.2, -0.15) is 0 Å². The monoisotopic (exact) mass is 203 g/mol. The van der Waals surface area contributed by atoms with E-state index >= 15 is 0 Å². The predicted molar refractivity (Wildman–Crippen MR) is 56.3 cm³/mol. The molecule has 2 rings (SSSR count). The first-order chi connectivity index (χ1) is 7.16. The van der Waals surface area contributed by atoms with E-state index in [2.05, 4.69) is 6.92 Å². The number of hydrogen-bond acceptors (Lipinski definition) is 0. The number of hydrogen-bond donors (Lipinski definition) is 0. The van der Waals surface area contributed by atoms with E-state index in [1.165, 1.54) is 6.07 Å². The van der Waals surface area contributed by atoms with Crippen molar-refractivity contribution in [2.24, 2.45) is 0 Å². The molecule has 0 amide bonds. The van der Waals surface area contributed by atoms with Crippen LogP contribution in [0.15, 0.2) is 42.5 Å². The van der Waals surface area contributed by atoms with Crippen LogP contribution in [-0.4, -0.2) is 0 Å². The molecule has 2 aromatic carbocycles. The van der Waals surface area contributed by atoms with Gasteiger partial charge in [0.05, 0.1) is 0 Å². The fourth-order valence-corrected chi connectivity index (χ4v) is 1.43. The average molecular weight is 203 g/mol. The van der Waals surface area contributed by atoms with Gasteiger partial charge in [-0.3, -0.25) is 0 Å². The standard InChI is InChI=1S/C13H9F2/c1-9-3-2-4-10(7-9)11-5-6-12(14)13(15)8-11/h2-8H,1H2. The van der Waals surface area contributed by atoms with Crippen LogP contribution in [0.1, 0.15) is 5.56 Å². The summed E-state index contributed by atoms with van der Waals surface area (Å²) in [5.74, 6) is -1.66. The molecule has 0 N–H and O–H groups in total. The van der Waals surface area contributed by atoms with Gasteiger partial charge in [-0.25, -0.2) is 8.78 Å². The molecule has 0 aromatic heterocycles. The van der Waals surface area contributed by atoms with Gasteiger partial charge in [0, 0.05) is 0 Å². The highest BCUT2D eigenvalue weighted by molar-refractivity contribution is 5.64. The quantitative estimate of drug-likeness (QED) is 0.661. The zero-order valence-corrected chi connectivity index (χ0v) is 8.00. The van der Waals surface area contributed by atoms with E-state index in [9.17, 15) is 8.78 Å². The van der Waals surface area contributed by atoms with Crippen LogP contribution in [0.25, 0.3) is 11.1 Å². The third kappa shape index (κ3) is 2.04. The first-order valence-electron chi connectivity index (χ1n) is 4.54. The Balaban J connectivity index is 2.50. The summed E-state index contributed by atoms with van der Waals surface area (Å²) in [5.41, 5.74) is 2.33. The van der Waals surface area contributed by atoms with Gasteiger partial charge < -0.3 is 0 Å². The Morgan fingerprint density at radius 3 is 2.20 bits per heavy atom. The lowest BCUT2D eigenvalue weighted by molar-refractivity contribution is 0.509. The van der Waals surface area contributed by atoms with Gasteiger partial charge in [-0.05, 0) is 35.7 Å². The first kappa shape index (κ1) is 9.84. The summed E-state index contributed by atoms with van der Waals surface area (Å²) < 4.78 is 25.7. The normalized spacial score (nSPS) is 10.3. The second-order valence-corrected chi connectivity index (χ2v) is 3.33. The van der Waals surface area contributed by atoms with Crippen LogP contribution in [-0.2, 0) is 0 Å². The van der Waals surface area contributed by atoms with Crippen LogP contribution in [0.5, 0.6) is 0 Å². The van der Waals surface area contributed by atoms with E-state index < -0.39 is 11.6 Å². The average Bonchev–Trinajstić information content (AvgIpc) is 2.22. The summed E-state index contributed by atoms with van der Waals surface area (Å²) in [6, 6.07) is 11.2. The fourth-order valence-electron chi connectivity index (χ4n) is 1.43. The summed E-state index contributed by atoms with van der Waals surface area (Å²) in [7, 11) is 0. The van der Waals surface area contributed by atoms with E-state index in [1.54, 1.807) is 6.07 Å². The molecular weight excluding hydrogens is 194 g/mol. The molecule has 15 heavy (non-hydrogen) atoms. The van der Waals surface area contributed by atoms with Crippen molar-refractivity contribution >= 4 is 0 Å². The molecule has 0 fully saturated rings. The fraction of sp³-hybridized carbons (Fsp3) is 0. The molecule has 0 saturated carbocycles. The molecule has 2 heteroatoms. The minimum atomic E-state index is -0.832. The lowest BCUT2D eigenvalue weighted by Crippen LogP contribution is -1.85. The molecule has 1 radical (unpaired) electrons. The van der Waals surface area contributed by atoms with Gasteiger partial charge in [0.15, 0.2) is 11.6 Å². The van der Waals surface area contributed by atoms with E-state index in [0.717, 1.165) is 17.2 Å². The first-order valence-corrected chi connectivity index (χ1v) is 4.54. The molecule has 0 aliphatic rings. The van der Waals surface area contributed by atoms with Gasteiger partial charge in [0.25, 0.3) is 0 Å². The Labute approximate surface area is 87.2 Å². The largest absolute Gasteiger partial charge is 0.204 e. The van der Waals surface area contributed by atoms with Gasteiger partial charge in [0.1, 0.15) is 0 Å². The second-order valence-electron chi connectivity index (χ2n) is 3.33. The molecule has 0 aliphatic heterocycles. The van der Waals surface area contributed by atoms with Gasteiger partial charge in [0.2, 0.25) is 0 Å². The summed E-state index contributed by atoms with van der Waals surface area (Å²) in [5, 5.41) is 0. The predicted octanol–water partition coefficient (Wildman–Crippen LogP) is 3.81. The van der Waals surface area contributed by atoms with Crippen LogP contribution >= 0.6 is 0 Å². The van der Waals surface area contributed by atoms with Crippen LogP contribution in [0.4, 0.5) is 8.78 Å². The molecule has 0 spiro atoms. The van der Waals surface area contributed by atoms with Crippen molar-refractivity contribution in [1.82, 2.24) is 0 Å². The lowest BCUT2D eigenvalue weighted by Gasteiger charge is -2.03. The van der Waals surface area contributed by atoms with Crippen molar-refractivity contribution in [2.45, 2.75) is 0 Å². The van der Waals surface area contributed by atoms with E-state index in [-0.39, 0.29) is 0 Å². The van der Waals surface area contributed by atoms with Crippen molar-refractivity contribution in [3.8, 4) is 11.1 Å². The third-order valence-electron chi connectivity index (χ3n) is 2.18. The Bertz CT molecular complexity index is 490. The van der Waals surface area contributed by atoms with Crippen LogP contribution < -0.4 is 0 Å². The van der Waals surface area contributed by atoms with Crippen LogP contribution in [0.3, 0.4) is 0 Å². The Hall–Kier alpha value is -1.70. The summed E-state index contributed by atoms with van der Waals surface area (Å²) in [6.07, 6.45) is 0.